The molecule has 0 unspecified atom stereocenters. The summed E-state index contributed by atoms with van der Waals surface area (Å²) in [6.45, 7) is 9.47. The standard InChI is InChI=1S/C8H15BN/c1-8(2,3)10-7-5-6-9(10)4/h5-7H,1-4H3/q-1. The van der Waals surface area contributed by atoms with Gasteiger partial charge < -0.3 is 4.47 Å². The van der Waals surface area contributed by atoms with Crippen molar-refractivity contribution >= 4 is 6.49 Å². The van der Waals surface area contributed by atoms with Gasteiger partial charge in [-0.2, -0.15) is 6.82 Å². The van der Waals surface area contributed by atoms with Crippen LogP contribution in [0.4, 0.5) is 0 Å². The molecule has 0 aliphatic rings. The molecule has 0 spiro atoms. The predicted molar refractivity (Wildman–Crippen MR) is 46.4 cm³/mol. The molecular weight excluding hydrogens is 121 g/mol. The molecule has 0 aliphatic carbocycles. The second-order valence-corrected chi connectivity index (χ2v) is 3.85. The number of hydrogen-bond donors (Lipinski definition) is 0. The first-order valence-electron chi connectivity index (χ1n) is 3.82. The lowest BCUT2D eigenvalue weighted by atomic mass is 9.79. The van der Waals surface area contributed by atoms with Crippen LogP contribution in [-0.2, 0) is 12.4 Å². The molecule has 0 fully saturated rings. The highest BCUT2D eigenvalue weighted by Crippen LogP contribution is 2.11. The first kappa shape index (κ1) is 7.58. The van der Waals surface area contributed by atoms with E-state index in [0.29, 0.717) is 6.49 Å². The summed E-state index contributed by atoms with van der Waals surface area (Å²) in [5.41, 5.74) is 0.267. The second-order valence-electron chi connectivity index (χ2n) is 3.85. The molecule has 0 aromatic carbocycles. The van der Waals surface area contributed by atoms with E-state index in [1.807, 2.05) is 0 Å². The third kappa shape index (κ3) is 1.31. The molecule has 56 valence electrons. The van der Waals surface area contributed by atoms with Crippen molar-refractivity contribution in [1.82, 2.24) is 4.47 Å². The van der Waals surface area contributed by atoms with Gasteiger partial charge in [-0.15, -0.1) is 0 Å². The third-order valence-electron chi connectivity index (χ3n) is 1.85. The van der Waals surface area contributed by atoms with Gasteiger partial charge in [-0.1, -0.05) is 12.6 Å². The summed E-state index contributed by atoms with van der Waals surface area (Å²) >= 11 is 0. The molecule has 0 aliphatic heterocycles. The maximum Gasteiger partial charge on any atom is -0.00708 e. The van der Waals surface area contributed by atoms with Gasteiger partial charge in [0.05, 0.1) is 0 Å². The molecule has 0 amide bonds. The molecule has 0 saturated carbocycles. The summed E-state index contributed by atoms with van der Waals surface area (Å²) in [6, 6.07) is 2.12. The zero-order valence-electron chi connectivity index (χ0n) is 7.26. The highest BCUT2D eigenvalue weighted by molar-refractivity contribution is 6.43. The molecule has 0 saturated heterocycles. The molecule has 10 heavy (non-hydrogen) atoms. The van der Waals surface area contributed by atoms with Gasteiger partial charge in [0.15, 0.2) is 0 Å². The number of aromatic nitrogens is 1. The van der Waals surface area contributed by atoms with Crippen LogP contribution in [0.15, 0.2) is 18.2 Å². The minimum absolute atomic E-state index is 0.267. The Morgan fingerprint density at radius 3 is 2.10 bits per heavy atom. The lowest BCUT2D eigenvalue weighted by Crippen LogP contribution is -2.27. The Hall–Kier alpha value is -0.525. The van der Waals surface area contributed by atoms with Gasteiger partial charge >= 0.3 is 0 Å². The molecule has 1 rings (SSSR count). The number of nitrogens with zero attached hydrogens (tertiary/aromatic N) is 1. The van der Waals surface area contributed by atoms with E-state index in [2.05, 4.69) is 50.3 Å². The van der Waals surface area contributed by atoms with Crippen LogP contribution >= 0.6 is 0 Å². The molecular formula is C8H15BN-. The third-order valence-corrected chi connectivity index (χ3v) is 1.85. The topological polar surface area (TPSA) is 4.93 Å². The molecule has 1 heterocycles. The van der Waals surface area contributed by atoms with Crippen LogP contribution in [0.5, 0.6) is 0 Å². The van der Waals surface area contributed by atoms with Crippen LogP contribution in [0.3, 0.4) is 0 Å². The lowest BCUT2D eigenvalue weighted by molar-refractivity contribution is 0.421. The van der Waals surface area contributed by atoms with Crippen LogP contribution in [-0.4, -0.2) is 11.0 Å². The van der Waals surface area contributed by atoms with Crippen LogP contribution < -0.4 is 0 Å². The Labute approximate surface area is 63.1 Å². The van der Waals surface area contributed by atoms with Crippen molar-refractivity contribution in [2.75, 3.05) is 0 Å². The van der Waals surface area contributed by atoms with Gasteiger partial charge in [0.1, 0.15) is 0 Å². The number of rotatable bonds is 0. The van der Waals surface area contributed by atoms with Gasteiger partial charge in [0, 0.05) is 0 Å². The Bertz CT molecular complexity index is 219. The normalized spacial score (nSPS) is 12.0. The molecule has 1 nitrogen and oxygen atoms in total. The molecule has 0 bridgehead atoms. The van der Waals surface area contributed by atoms with Crippen LogP contribution in [0.2, 0.25) is 0 Å². The summed E-state index contributed by atoms with van der Waals surface area (Å²) in [7, 11) is 0. The Morgan fingerprint density at radius 1 is 1.30 bits per heavy atom. The van der Waals surface area contributed by atoms with Crippen molar-refractivity contribution in [2.24, 2.45) is 6.82 Å². The monoisotopic (exact) mass is 136 g/mol. The summed E-state index contributed by atoms with van der Waals surface area (Å²) in [5, 5.41) is 0. The lowest BCUT2D eigenvalue weighted by Gasteiger charge is -2.32. The summed E-state index contributed by atoms with van der Waals surface area (Å²) < 4.78 is 2.35. The maximum absolute atomic E-state index is 2.35. The Kier molecular flexibility index (Phi) is 1.71. The molecule has 1 aromatic heterocycles. The number of aryl methyl sites for hydroxylation is 1. The molecule has 0 radical (unpaired) electrons. The quantitative estimate of drug-likeness (QED) is 0.512. The summed E-state index contributed by atoms with van der Waals surface area (Å²) in [6.07, 6.45) is 2.16. The minimum atomic E-state index is 0.267. The van der Waals surface area contributed by atoms with E-state index in [-0.39, 0.29) is 5.54 Å². The largest absolute Gasteiger partial charge is 0.562 e. The number of hydrogen-bond acceptors (Lipinski definition) is 0. The van der Waals surface area contributed by atoms with Crippen molar-refractivity contribution in [2.45, 2.75) is 26.3 Å². The van der Waals surface area contributed by atoms with E-state index in [1.165, 1.54) is 0 Å². The minimum Gasteiger partial charge on any atom is -0.562 e. The molecule has 0 atom stereocenters. The van der Waals surface area contributed by atoms with E-state index in [1.54, 1.807) is 0 Å². The Morgan fingerprint density at radius 2 is 1.90 bits per heavy atom. The van der Waals surface area contributed by atoms with Crippen molar-refractivity contribution in [3.63, 3.8) is 0 Å². The zero-order chi connectivity index (χ0) is 7.78. The van der Waals surface area contributed by atoms with Crippen LogP contribution in [0.1, 0.15) is 20.8 Å². The van der Waals surface area contributed by atoms with Crippen molar-refractivity contribution in [1.29, 1.82) is 0 Å². The molecule has 1 aromatic rings. The van der Waals surface area contributed by atoms with Gasteiger partial charge in [0.25, 0.3) is 0 Å². The second kappa shape index (κ2) is 2.26. The van der Waals surface area contributed by atoms with E-state index >= 15 is 0 Å². The maximum atomic E-state index is 2.35. The summed E-state index contributed by atoms with van der Waals surface area (Å²) in [5.74, 6) is 2.21. The summed E-state index contributed by atoms with van der Waals surface area (Å²) in [4.78, 5) is 0. The van der Waals surface area contributed by atoms with E-state index < -0.39 is 0 Å². The van der Waals surface area contributed by atoms with Crippen LogP contribution in [0, 0.1) is 0 Å². The fourth-order valence-corrected chi connectivity index (χ4v) is 1.37. The fraction of sp³-hybridized carbons (Fsp3) is 0.625. The van der Waals surface area contributed by atoms with Crippen molar-refractivity contribution < 1.29 is 0 Å². The van der Waals surface area contributed by atoms with Crippen molar-refractivity contribution in [3.8, 4) is 0 Å². The molecule has 0 N–H and O–H groups in total. The molecule has 2 heteroatoms. The predicted octanol–water partition coefficient (Wildman–Crippen LogP) is 1.81. The zero-order valence-corrected chi connectivity index (χ0v) is 7.26. The van der Waals surface area contributed by atoms with Gasteiger partial charge in [-0.3, -0.25) is 0 Å². The first-order valence-corrected chi connectivity index (χ1v) is 3.82. The SMILES string of the molecule is C[b-]1cccn1C(C)(C)C. The van der Waals surface area contributed by atoms with Crippen LogP contribution in [0.25, 0.3) is 0 Å². The van der Waals surface area contributed by atoms with Crippen molar-refractivity contribution in [3.05, 3.63) is 18.2 Å². The van der Waals surface area contributed by atoms with Gasteiger partial charge in [-0.25, -0.2) is 5.96 Å². The highest BCUT2D eigenvalue weighted by atomic mass is 15.0. The van der Waals surface area contributed by atoms with Gasteiger partial charge in [-0.05, 0) is 32.5 Å². The Balaban J connectivity index is 3.05. The fourth-order valence-electron chi connectivity index (χ4n) is 1.37. The van der Waals surface area contributed by atoms with E-state index in [9.17, 15) is 0 Å². The van der Waals surface area contributed by atoms with E-state index in [4.69, 9.17) is 0 Å². The average molecular weight is 136 g/mol. The highest BCUT2D eigenvalue weighted by Gasteiger charge is 2.05. The van der Waals surface area contributed by atoms with E-state index in [0.717, 1.165) is 0 Å². The smallest absolute Gasteiger partial charge is 0.00708 e. The van der Waals surface area contributed by atoms with Gasteiger partial charge in [0.2, 0.25) is 0 Å². The first-order chi connectivity index (χ1) is 4.52. The average Bonchev–Trinajstić information content (AvgIpc) is 2.11.